The molecule has 1 aliphatic heterocycles. The summed E-state index contributed by atoms with van der Waals surface area (Å²) in [7, 11) is 1.97. The van der Waals surface area contributed by atoms with Crippen LogP contribution in [-0.2, 0) is 11.2 Å². The number of amides is 1. The van der Waals surface area contributed by atoms with E-state index in [9.17, 15) is 4.79 Å². The second kappa shape index (κ2) is 9.78. The van der Waals surface area contributed by atoms with Gasteiger partial charge in [0.15, 0.2) is 0 Å². The van der Waals surface area contributed by atoms with Gasteiger partial charge in [0.1, 0.15) is 5.75 Å². The lowest BCUT2D eigenvalue weighted by molar-refractivity contribution is -0.132. The van der Waals surface area contributed by atoms with Crippen LogP contribution in [0.5, 0.6) is 5.75 Å². The molecule has 1 N–H and O–H groups in total. The molecule has 1 aliphatic rings. The lowest BCUT2D eigenvalue weighted by Crippen LogP contribution is -2.43. The zero-order chi connectivity index (χ0) is 15.9. The standard InChI is InChI=1S/C18H28N2O2.ClH/c1-14(2)22-17-8-4-6-15(10-17)11-18(21)20-9-5-7-16(13-20)12-19-3;/h4,6,8,10,14,16,19H,5,7,9,11-13H2,1-3H3;1H. The van der Waals surface area contributed by atoms with Gasteiger partial charge in [-0.25, -0.2) is 0 Å². The number of halogens is 1. The molecule has 0 bridgehead atoms. The normalized spacial score (nSPS) is 17.7. The van der Waals surface area contributed by atoms with Crippen LogP contribution >= 0.6 is 12.4 Å². The molecule has 1 amide bonds. The Bertz CT molecular complexity index is 492. The summed E-state index contributed by atoms with van der Waals surface area (Å²) in [6, 6.07) is 7.88. The van der Waals surface area contributed by atoms with Gasteiger partial charge in [-0.1, -0.05) is 12.1 Å². The van der Waals surface area contributed by atoms with E-state index >= 15 is 0 Å². The summed E-state index contributed by atoms with van der Waals surface area (Å²) in [5, 5.41) is 3.22. The second-order valence-electron chi connectivity index (χ2n) is 6.40. The van der Waals surface area contributed by atoms with Crippen LogP contribution < -0.4 is 10.1 Å². The summed E-state index contributed by atoms with van der Waals surface area (Å²) in [6.45, 7) is 6.77. The maximum absolute atomic E-state index is 12.5. The molecule has 1 saturated heterocycles. The Hall–Kier alpha value is -1.26. The van der Waals surface area contributed by atoms with Gasteiger partial charge >= 0.3 is 0 Å². The maximum atomic E-state index is 12.5. The van der Waals surface area contributed by atoms with Crippen molar-refractivity contribution in [2.24, 2.45) is 5.92 Å². The van der Waals surface area contributed by atoms with Gasteiger partial charge in [0, 0.05) is 13.1 Å². The molecule has 0 aliphatic carbocycles. The molecule has 1 atom stereocenters. The number of benzene rings is 1. The highest BCUT2D eigenvalue weighted by molar-refractivity contribution is 5.85. The zero-order valence-corrected chi connectivity index (χ0v) is 15.2. The summed E-state index contributed by atoms with van der Waals surface area (Å²) in [6.07, 6.45) is 2.92. The van der Waals surface area contributed by atoms with E-state index in [4.69, 9.17) is 4.74 Å². The molecule has 1 unspecified atom stereocenters. The van der Waals surface area contributed by atoms with Crippen LogP contribution in [0.4, 0.5) is 0 Å². The smallest absolute Gasteiger partial charge is 0.227 e. The van der Waals surface area contributed by atoms with E-state index in [-0.39, 0.29) is 24.4 Å². The van der Waals surface area contributed by atoms with Crippen molar-refractivity contribution in [3.8, 4) is 5.75 Å². The summed E-state index contributed by atoms with van der Waals surface area (Å²) < 4.78 is 5.70. The topological polar surface area (TPSA) is 41.6 Å². The molecule has 1 heterocycles. The Morgan fingerprint density at radius 1 is 1.43 bits per heavy atom. The molecule has 0 radical (unpaired) electrons. The SMILES string of the molecule is CNCC1CCCN(C(=O)Cc2cccc(OC(C)C)c2)C1.Cl. The van der Waals surface area contributed by atoms with E-state index in [1.807, 2.05) is 50.1 Å². The first-order valence-electron chi connectivity index (χ1n) is 8.26. The number of rotatable bonds is 6. The highest BCUT2D eigenvalue weighted by Crippen LogP contribution is 2.19. The van der Waals surface area contributed by atoms with Crippen molar-refractivity contribution in [3.05, 3.63) is 29.8 Å². The van der Waals surface area contributed by atoms with Crippen LogP contribution in [-0.4, -0.2) is 43.6 Å². The number of piperidine rings is 1. The second-order valence-corrected chi connectivity index (χ2v) is 6.40. The highest BCUT2D eigenvalue weighted by atomic mass is 35.5. The van der Waals surface area contributed by atoms with Gasteiger partial charge in [0.25, 0.3) is 0 Å². The Balaban J connectivity index is 0.00000264. The molecule has 0 saturated carbocycles. The molecular weight excluding hydrogens is 312 g/mol. The van der Waals surface area contributed by atoms with E-state index < -0.39 is 0 Å². The molecule has 130 valence electrons. The van der Waals surface area contributed by atoms with Crippen molar-refractivity contribution < 1.29 is 9.53 Å². The van der Waals surface area contributed by atoms with Gasteiger partial charge < -0.3 is 15.0 Å². The summed E-state index contributed by atoms with van der Waals surface area (Å²) >= 11 is 0. The van der Waals surface area contributed by atoms with Crippen molar-refractivity contribution in [2.75, 3.05) is 26.7 Å². The lowest BCUT2D eigenvalue weighted by Gasteiger charge is -2.32. The minimum absolute atomic E-state index is 0. The lowest BCUT2D eigenvalue weighted by atomic mass is 9.97. The molecule has 1 aromatic rings. The number of hydrogen-bond acceptors (Lipinski definition) is 3. The van der Waals surface area contributed by atoms with Crippen molar-refractivity contribution in [3.63, 3.8) is 0 Å². The third-order valence-corrected chi connectivity index (χ3v) is 3.99. The molecule has 23 heavy (non-hydrogen) atoms. The van der Waals surface area contributed by atoms with Gasteiger partial charge in [-0.3, -0.25) is 4.79 Å². The minimum Gasteiger partial charge on any atom is -0.491 e. The number of nitrogens with zero attached hydrogens (tertiary/aromatic N) is 1. The van der Waals surface area contributed by atoms with Gasteiger partial charge in [0.2, 0.25) is 5.91 Å². The molecule has 5 heteroatoms. The first-order chi connectivity index (χ1) is 10.6. The third kappa shape index (κ3) is 6.40. The fourth-order valence-electron chi connectivity index (χ4n) is 3.03. The quantitative estimate of drug-likeness (QED) is 0.865. The molecule has 0 spiro atoms. The van der Waals surface area contributed by atoms with Crippen molar-refractivity contribution in [1.29, 1.82) is 0 Å². The molecule has 1 aromatic carbocycles. The van der Waals surface area contributed by atoms with Crippen molar-refractivity contribution in [1.82, 2.24) is 10.2 Å². The summed E-state index contributed by atoms with van der Waals surface area (Å²) in [5.41, 5.74) is 1.03. The van der Waals surface area contributed by atoms with E-state index in [1.54, 1.807) is 0 Å². The third-order valence-electron chi connectivity index (χ3n) is 3.99. The van der Waals surface area contributed by atoms with Crippen LogP contribution in [0, 0.1) is 5.92 Å². The van der Waals surface area contributed by atoms with E-state index in [0.29, 0.717) is 12.3 Å². The van der Waals surface area contributed by atoms with Crippen molar-refractivity contribution >= 4 is 18.3 Å². The van der Waals surface area contributed by atoms with Gasteiger partial charge in [-0.2, -0.15) is 0 Å². The zero-order valence-electron chi connectivity index (χ0n) is 14.4. The van der Waals surface area contributed by atoms with E-state index in [1.165, 1.54) is 6.42 Å². The highest BCUT2D eigenvalue weighted by Gasteiger charge is 2.23. The van der Waals surface area contributed by atoms with Crippen LogP contribution in [0.15, 0.2) is 24.3 Å². The largest absolute Gasteiger partial charge is 0.491 e. The monoisotopic (exact) mass is 340 g/mol. The Kier molecular flexibility index (Phi) is 8.42. The van der Waals surface area contributed by atoms with Crippen LogP contribution in [0.3, 0.4) is 0 Å². The van der Waals surface area contributed by atoms with Crippen molar-refractivity contribution in [2.45, 2.75) is 39.2 Å². The molecule has 4 nitrogen and oxygen atoms in total. The first-order valence-corrected chi connectivity index (χ1v) is 8.26. The molecule has 2 rings (SSSR count). The predicted molar refractivity (Wildman–Crippen MR) is 96.4 cm³/mol. The maximum Gasteiger partial charge on any atom is 0.227 e. The van der Waals surface area contributed by atoms with E-state index in [0.717, 1.165) is 37.4 Å². The Morgan fingerprint density at radius 2 is 2.22 bits per heavy atom. The number of carbonyl (C=O) groups excluding carboxylic acids is 1. The summed E-state index contributed by atoms with van der Waals surface area (Å²) in [4.78, 5) is 14.5. The number of carbonyl (C=O) groups is 1. The Morgan fingerprint density at radius 3 is 2.91 bits per heavy atom. The molecular formula is C18H29ClN2O2. The van der Waals surface area contributed by atoms with E-state index in [2.05, 4.69) is 5.32 Å². The fourth-order valence-corrected chi connectivity index (χ4v) is 3.03. The Labute approximate surface area is 146 Å². The predicted octanol–water partition coefficient (Wildman–Crippen LogP) is 2.90. The van der Waals surface area contributed by atoms with Crippen LogP contribution in [0.2, 0.25) is 0 Å². The summed E-state index contributed by atoms with van der Waals surface area (Å²) in [5.74, 6) is 1.65. The first kappa shape index (κ1) is 19.8. The van der Waals surface area contributed by atoms with Gasteiger partial charge in [-0.15, -0.1) is 12.4 Å². The average Bonchev–Trinajstić information content (AvgIpc) is 2.47. The number of nitrogens with one attached hydrogen (secondary N) is 1. The minimum atomic E-state index is 0. The average molecular weight is 341 g/mol. The van der Waals surface area contributed by atoms with Crippen LogP contribution in [0.1, 0.15) is 32.3 Å². The number of hydrogen-bond donors (Lipinski definition) is 1. The molecule has 0 aromatic heterocycles. The fraction of sp³-hybridized carbons (Fsp3) is 0.611. The number of likely N-dealkylation sites (tertiary alicyclic amines) is 1. The van der Waals surface area contributed by atoms with Gasteiger partial charge in [0.05, 0.1) is 12.5 Å². The van der Waals surface area contributed by atoms with Crippen LogP contribution in [0.25, 0.3) is 0 Å². The molecule has 1 fully saturated rings. The van der Waals surface area contributed by atoms with Gasteiger partial charge in [-0.05, 0) is 63.9 Å². The number of ether oxygens (including phenoxy) is 1.